The number of pyridine rings is 1. The van der Waals surface area contributed by atoms with E-state index in [0.29, 0.717) is 17.0 Å². The Labute approximate surface area is 235 Å². The maximum absolute atomic E-state index is 13.0. The number of methoxy groups -OCH3 is 1. The van der Waals surface area contributed by atoms with E-state index in [2.05, 4.69) is 25.3 Å². The predicted octanol–water partition coefficient (Wildman–Crippen LogP) is 5.10. The van der Waals surface area contributed by atoms with E-state index in [-0.39, 0.29) is 16.3 Å². The monoisotopic (exact) mass is 569 g/mol. The first kappa shape index (κ1) is 27.0. The molecule has 12 nitrogen and oxygen atoms in total. The molecule has 0 atom stereocenters. The zero-order chi connectivity index (χ0) is 28.8. The van der Waals surface area contributed by atoms with Crippen molar-refractivity contribution in [2.75, 3.05) is 17.3 Å². The van der Waals surface area contributed by atoms with Crippen molar-refractivity contribution in [2.24, 2.45) is 5.10 Å². The van der Waals surface area contributed by atoms with E-state index in [1.54, 1.807) is 47.5 Å². The highest BCUT2D eigenvalue weighted by molar-refractivity contribution is 7.92. The lowest BCUT2D eigenvalue weighted by atomic mass is 10.1. The van der Waals surface area contributed by atoms with Gasteiger partial charge in [-0.3, -0.25) is 25.2 Å². The fraction of sp³-hybridized carbons (Fsp3) is 0.0357. The predicted molar refractivity (Wildman–Crippen MR) is 155 cm³/mol. The van der Waals surface area contributed by atoms with Gasteiger partial charge in [0, 0.05) is 35.8 Å². The molecule has 0 saturated carbocycles. The second-order valence-electron chi connectivity index (χ2n) is 8.57. The average molecular weight is 570 g/mol. The van der Waals surface area contributed by atoms with E-state index < -0.39 is 20.6 Å². The lowest BCUT2D eigenvalue weighted by molar-refractivity contribution is -0.384. The Morgan fingerprint density at radius 2 is 1.78 bits per heavy atom. The van der Waals surface area contributed by atoms with Crippen molar-refractivity contribution in [2.45, 2.75) is 4.90 Å². The molecule has 0 fully saturated rings. The van der Waals surface area contributed by atoms with Gasteiger partial charge in [-0.25, -0.2) is 13.1 Å². The Balaban J connectivity index is 1.43. The number of anilines is 2. The van der Waals surface area contributed by atoms with E-state index in [0.717, 1.165) is 17.3 Å². The third-order valence-electron chi connectivity index (χ3n) is 5.91. The first-order chi connectivity index (χ1) is 19.9. The summed E-state index contributed by atoms with van der Waals surface area (Å²) in [5.74, 6) is 0.305. The lowest BCUT2D eigenvalue weighted by Gasteiger charge is -2.12. The first-order valence-corrected chi connectivity index (χ1v) is 13.6. The SMILES string of the molecule is COc1ccccc1NS(=O)(=O)c1ccc(NN=Cc2cn(-c3ccccc3)nc2-c2cccnc2)c([N+](=O)[O-])c1. The highest BCUT2D eigenvalue weighted by atomic mass is 32.2. The largest absolute Gasteiger partial charge is 0.495 e. The van der Waals surface area contributed by atoms with Gasteiger partial charge in [0.25, 0.3) is 15.7 Å². The van der Waals surface area contributed by atoms with Gasteiger partial charge in [-0.1, -0.05) is 30.3 Å². The number of ether oxygens (including phenoxy) is 1. The van der Waals surface area contributed by atoms with Crippen molar-refractivity contribution in [3.05, 3.63) is 119 Å². The molecule has 0 aliphatic heterocycles. The summed E-state index contributed by atoms with van der Waals surface area (Å²) in [6.45, 7) is 0. The van der Waals surface area contributed by atoms with Crippen LogP contribution in [0.4, 0.5) is 17.1 Å². The van der Waals surface area contributed by atoms with E-state index >= 15 is 0 Å². The summed E-state index contributed by atoms with van der Waals surface area (Å²) in [6, 6.07) is 23.1. The first-order valence-electron chi connectivity index (χ1n) is 12.1. The van der Waals surface area contributed by atoms with Crippen LogP contribution >= 0.6 is 0 Å². The fourth-order valence-corrected chi connectivity index (χ4v) is 5.04. The molecule has 0 amide bonds. The van der Waals surface area contributed by atoms with Crippen LogP contribution in [-0.4, -0.2) is 41.4 Å². The number of nitro groups is 1. The van der Waals surface area contributed by atoms with Crippen molar-refractivity contribution >= 4 is 33.3 Å². The molecule has 5 aromatic rings. The van der Waals surface area contributed by atoms with Crippen LogP contribution in [-0.2, 0) is 10.0 Å². The summed E-state index contributed by atoms with van der Waals surface area (Å²) in [6.07, 6.45) is 6.58. The molecule has 0 aliphatic carbocycles. The van der Waals surface area contributed by atoms with Gasteiger partial charge >= 0.3 is 0 Å². The Bertz CT molecular complexity index is 1830. The number of hydrazone groups is 1. The smallest absolute Gasteiger partial charge is 0.295 e. The normalized spacial score (nSPS) is 11.3. The highest BCUT2D eigenvalue weighted by Gasteiger charge is 2.22. The molecule has 0 aliphatic rings. The molecule has 206 valence electrons. The number of rotatable bonds is 10. The zero-order valence-corrected chi connectivity index (χ0v) is 22.4. The maximum atomic E-state index is 13.0. The van der Waals surface area contributed by atoms with Crippen molar-refractivity contribution < 1.29 is 18.1 Å². The number of nitrogens with one attached hydrogen (secondary N) is 2. The number of hydrogen-bond acceptors (Lipinski definition) is 9. The van der Waals surface area contributed by atoms with Gasteiger partial charge in [-0.05, 0) is 48.5 Å². The van der Waals surface area contributed by atoms with Crippen molar-refractivity contribution in [1.82, 2.24) is 14.8 Å². The molecule has 0 radical (unpaired) electrons. The molecule has 0 bridgehead atoms. The second-order valence-corrected chi connectivity index (χ2v) is 10.2. The van der Waals surface area contributed by atoms with E-state index in [1.807, 2.05) is 36.4 Å². The Hall–Kier alpha value is -5.56. The Morgan fingerprint density at radius 3 is 2.51 bits per heavy atom. The molecule has 2 N–H and O–H groups in total. The van der Waals surface area contributed by atoms with Gasteiger partial charge in [0.15, 0.2) is 0 Å². The summed E-state index contributed by atoms with van der Waals surface area (Å²) >= 11 is 0. The molecule has 41 heavy (non-hydrogen) atoms. The summed E-state index contributed by atoms with van der Waals surface area (Å²) in [7, 11) is -2.75. The quantitative estimate of drug-likeness (QED) is 0.134. The molecular weight excluding hydrogens is 546 g/mol. The number of hydrogen-bond donors (Lipinski definition) is 2. The summed E-state index contributed by atoms with van der Waals surface area (Å²) < 4.78 is 35.3. The third-order valence-corrected chi connectivity index (χ3v) is 7.28. The van der Waals surface area contributed by atoms with Crippen molar-refractivity contribution in [1.29, 1.82) is 0 Å². The molecule has 0 unspecified atom stereocenters. The van der Waals surface area contributed by atoms with Crippen LogP contribution in [0.3, 0.4) is 0 Å². The maximum Gasteiger partial charge on any atom is 0.295 e. The molecule has 5 rings (SSSR count). The van der Waals surface area contributed by atoms with Crippen LogP contribution in [0, 0.1) is 10.1 Å². The van der Waals surface area contributed by atoms with Gasteiger partial charge in [0.05, 0.1) is 34.5 Å². The molecule has 3 aromatic carbocycles. The number of nitro benzene ring substituents is 1. The zero-order valence-electron chi connectivity index (χ0n) is 21.6. The van der Waals surface area contributed by atoms with Crippen LogP contribution in [0.2, 0.25) is 0 Å². The summed E-state index contributed by atoms with van der Waals surface area (Å²) in [5, 5.41) is 20.7. The van der Waals surface area contributed by atoms with Gasteiger partial charge in [-0.15, -0.1) is 0 Å². The topological polar surface area (TPSA) is 154 Å². The molecule has 0 spiro atoms. The standard InChI is InChI=1S/C28H23N7O5S/c1-40-27-12-6-5-11-25(27)33-41(38,39)23-13-14-24(26(16-23)35(36)37)31-30-18-21-19-34(22-9-3-2-4-10-22)32-28(21)20-8-7-15-29-17-20/h2-19,31,33H,1H3. The average Bonchev–Trinajstić information content (AvgIpc) is 3.42. The van der Waals surface area contributed by atoms with Gasteiger partial charge in [-0.2, -0.15) is 10.2 Å². The van der Waals surface area contributed by atoms with Gasteiger partial charge in [0.2, 0.25) is 0 Å². The molecular formula is C28H23N7O5S. The minimum atomic E-state index is -4.16. The van der Waals surface area contributed by atoms with Gasteiger partial charge < -0.3 is 4.74 Å². The molecule has 13 heteroatoms. The highest BCUT2D eigenvalue weighted by Crippen LogP contribution is 2.31. The number of benzene rings is 3. The van der Waals surface area contributed by atoms with E-state index in [9.17, 15) is 18.5 Å². The van der Waals surface area contributed by atoms with Crippen LogP contribution in [0.15, 0.2) is 114 Å². The minimum Gasteiger partial charge on any atom is -0.495 e. The number of aromatic nitrogens is 3. The number of para-hydroxylation sites is 3. The van der Waals surface area contributed by atoms with Crippen LogP contribution in [0.25, 0.3) is 16.9 Å². The van der Waals surface area contributed by atoms with Crippen LogP contribution in [0.5, 0.6) is 5.75 Å². The Kier molecular flexibility index (Phi) is 7.69. The Morgan fingerprint density at radius 1 is 1.00 bits per heavy atom. The summed E-state index contributed by atoms with van der Waals surface area (Å²) in [4.78, 5) is 15.0. The number of nitrogens with zero attached hydrogens (tertiary/aromatic N) is 5. The lowest BCUT2D eigenvalue weighted by Crippen LogP contribution is -2.14. The fourth-order valence-electron chi connectivity index (χ4n) is 3.95. The molecule has 2 heterocycles. The van der Waals surface area contributed by atoms with Crippen molar-refractivity contribution in [3.63, 3.8) is 0 Å². The van der Waals surface area contributed by atoms with E-state index in [4.69, 9.17) is 4.74 Å². The van der Waals surface area contributed by atoms with Crippen LogP contribution < -0.4 is 14.9 Å². The molecule has 0 saturated heterocycles. The van der Waals surface area contributed by atoms with E-state index in [1.165, 1.54) is 31.5 Å². The van der Waals surface area contributed by atoms with Crippen LogP contribution in [0.1, 0.15) is 5.56 Å². The second kappa shape index (κ2) is 11.7. The third kappa shape index (κ3) is 6.04. The van der Waals surface area contributed by atoms with Gasteiger partial charge in [0.1, 0.15) is 17.1 Å². The molecule has 2 aromatic heterocycles. The minimum absolute atomic E-state index is 0.000806. The van der Waals surface area contributed by atoms with Crippen molar-refractivity contribution in [3.8, 4) is 22.7 Å². The summed E-state index contributed by atoms with van der Waals surface area (Å²) in [5.41, 5.74) is 5.20. The number of sulfonamides is 1.